The number of hydrogen-bond acceptors (Lipinski definition) is 5. The van der Waals surface area contributed by atoms with Crippen LogP contribution in [0.3, 0.4) is 0 Å². The van der Waals surface area contributed by atoms with Crippen molar-refractivity contribution in [1.82, 2.24) is 4.90 Å². The van der Waals surface area contributed by atoms with E-state index >= 15 is 0 Å². The average molecular weight is 501 g/mol. The first-order valence-corrected chi connectivity index (χ1v) is 12.8. The Labute approximate surface area is 206 Å². The maximum absolute atomic E-state index is 13.4. The first-order valence-electron chi connectivity index (χ1n) is 11.0. The molecule has 3 rings (SSSR count). The number of anilines is 1. The molecule has 0 aliphatic carbocycles. The molecule has 0 atom stereocenters. The van der Waals surface area contributed by atoms with Crippen LogP contribution < -0.4 is 9.04 Å². The molecule has 0 heterocycles. The van der Waals surface area contributed by atoms with Crippen LogP contribution in [-0.4, -0.2) is 46.9 Å². The van der Waals surface area contributed by atoms with Crippen molar-refractivity contribution in [3.8, 4) is 5.75 Å². The normalized spacial score (nSPS) is 11.4. The molecule has 0 saturated carbocycles. The number of methoxy groups -OCH3 is 1. The number of halogens is 1. The minimum absolute atomic E-state index is 0.0984. The van der Waals surface area contributed by atoms with Gasteiger partial charge in [0, 0.05) is 11.6 Å². The zero-order valence-electron chi connectivity index (χ0n) is 19.4. The molecule has 0 N–H and O–H groups in total. The molecule has 0 saturated heterocycles. The van der Waals surface area contributed by atoms with Gasteiger partial charge in [-0.15, -0.1) is 0 Å². The smallest absolute Gasteiger partial charge is 0.264 e. The number of aryl methyl sites for hydroxylation is 1. The largest absolute Gasteiger partial charge is 0.497 e. The molecule has 0 spiro atoms. The summed E-state index contributed by atoms with van der Waals surface area (Å²) in [5.74, 6) is 0.557. The Hall–Kier alpha value is -2.87. The van der Waals surface area contributed by atoms with Gasteiger partial charge in [0.05, 0.1) is 24.2 Å². The molecular formula is C26H29ClN2O4S. The van der Waals surface area contributed by atoms with Crippen molar-refractivity contribution in [2.24, 2.45) is 0 Å². The summed E-state index contributed by atoms with van der Waals surface area (Å²) in [4.78, 5) is 13.7. The van der Waals surface area contributed by atoms with Gasteiger partial charge in [-0.25, -0.2) is 8.42 Å². The molecule has 0 aliphatic rings. The molecule has 0 unspecified atom stereocenters. The van der Waals surface area contributed by atoms with Crippen molar-refractivity contribution >= 4 is 33.6 Å². The summed E-state index contributed by atoms with van der Waals surface area (Å²) in [6.45, 7) is 1.10. The van der Waals surface area contributed by atoms with Gasteiger partial charge >= 0.3 is 0 Å². The number of carbonyl (C=O) groups excluding carboxylic acids is 1. The fourth-order valence-electron chi connectivity index (χ4n) is 3.73. The predicted octanol–water partition coefficient (Wildman–Crippen LogP) is 4.81. The Morgan fingerprint density at radius 2 is 1.65 bits per heavy atom. The third-order valence-corrected chi connectivity index (χ3v) is 7.55. The van der Waals surface area contributed by atoms with Crippen molar-refractivity contribution in [2.75, 3.05) is 31.6 Å². The lowest BCUT2D eigenvalue weighted by Gasteiger charge is -2.26. The van der Waals surface area contributed by atoms with Crippen LogP contribution in [-0.2, 0) is 27.8 Å². The summed E-state index contributed by atoms with van der Waals surface area (Å²) in [6.07, 6.45) is 2.47. The number of carbonyl (C=O) groups is 1. The van der Waals surface area contributed by atoms with Crippen LogP contribution in [0.1, 0.15) is 17.5 Å². The lowest BCUT2D eigenvalue weighted by Crippen LogP contribution is -2.34. The van der Waals surface area contributed by atoms with Gasteiger partial charge < -0.3 is 14.4 Å². The Balaban J connectivity index is 1.76. The number of hydrogen-bond donors (Lipinski definition) is 0. The summed E-state index contributed by atoms with van der Waals surface area (Å²) >= 11 is 5.95. The molecule has 34 heavy (non-hydrogen) atoms. The summed E-state index contributed by atoms with van der Waals surface area (Å²) < 4.78 is 33.1. The second-order valence-corrected chi connectivity index (χ2v) is 10.3. The second kappa shape index (κ2) is 12.0. The van der Waals surface area contributed by atoms with Crippen LogP contribution in [0.5, 0.6) is 5.75 Å². The highest BCUT2D eigenvalue weighted by molar-refractivity contribution is 7.92. The Morgan fingerprint density at radius 1 is 0.971 bits per heavy atom. The Morgan fingerprint density at radius 3 is 2.29 bits per heavy atom. The molecule has 180 valence electrons. The van der Waals surface area contributed by atoms with Gasteiger partial charge in [0.15, 0.2) is 0 Å². The van der Waals surface area contributed by atoms with Crippen molar-refractivity contribution in [3.05, 3.63) is 88.9 Å². The van der Waals surface area contributed by atoms with E-state index < -0.39 is 10.0 Å². The number of para-hydroxylation sites is 1. The number of aldehydes is 1. The maximum atomic E-state index is 13.4. The average Bonchev–Trinajstić information content (AvgIpc) is 2.84. The second-order valence-electron chi connectivity index (χ2n) is 7.97. The molecule has 8 heteroatoms. The Bertz CT molecular complexity index is 1180. The van der Waals surface area contributed by atoms with Crippen LogP contribution in [0.4, 0.5) is 5.69 Å². The molecular weight excluding hydrogens is 472 g/mol. The highest BCUT2D eigenvalue weighted by Gasteiger charge is 2.26. The van der Waals surface area contributed by atoms with Gasteiger partial charge in [-0.2, -0.15) is 0 Å². The Kier molecular flexibility index (Phi) is 9.10. The van der Waals surface area contributed by atoms with Crippen molar-refractivity contribution < 1.29 is 17.9 Å². The van der Waals surface area contributed by atoms with Gasteiger partial charge in [0.2, 0.25) is 0 Å². The van der Waals surface area contributed by atoms with E-state index in [0.717, 1.165) is 30.0 Å². The van der Waals surface area contributed by atoms with Gasteiger partial charge in [0.25, 0.3) is 10.0 Å². The van der Waals surface area contributed by atoms with Gasteiger partial charge in [-0.05, 0) is 80.0 Å². The molecule has 6 nitrogen and oxygen atoms in total. The van der Waals surface area contributed by atoms with Crippen LogP contribution in [0, 0.1) is 0 Å². The van der Waals surface area contributed by atoms with E-state index in [0.29, 0.717) is 24.3 Å². The summed E-state index contributed by atoms with van der Waals surface area (Å²) in [5, 5.41) is 0.724. The van der Waals surface area contributed by atoms with Gasteiger partial charge in [-0.1, -0.05) is 41.9 Å². The molecule has 0 fully saturated rings. The summed E-state index contributed by atoms with van der Waals surface area (Å²) in [6, 6.07) is 21.3. The standard InChI is InChI=1S/C26H29ClN2O4S/c1-28(17-5-6-21-9-11-23(27)12-10-21)20-22-7-3-4-8-26(22)29(18-19-30)34(31,32)25-15-13-24(33-2)14-16-25/h3-4,7-16,19H,5-6,17-18,20H2,1-2H3. The number of sulfonamides is 1. The van der Waals surface area contributed by atoms with Crippen LogP contribution in [0.25, 0.3) is 0 Å². The zero-order chi connectivity index (χ0) is 24.6. The van der Waals surface area contributed by atoms with Crippen molar-refractivity contribution in [1.29, 1.82) is 0 Å². The number of ether oxygens (including phenoxy) is 1. The third kappa shape index (κ3) is 6.59. The minimum Gasteiger partial charge on any atom is -0.497 e. The van der Waals surface area contributed by atoms with E-state index in [1.165, 1.54) is 29.1 Å². The highest BCUT2D eigenvalue weighted by atomic mass is 35.5. The topological polar surface area (TPSA) is 66.9 Å². The highest BCUT2D eigenvalue weighted by Crippen LogP contribution is 2.28. The number of benzene rings is 3. The van der Waals surface area contributed by atoms with E-state index in [4.69, 9.17) is 16.3 Å². The molecule has 0 bridgehead atoms. The SMILES string of the molecule is COc1ccc(S(=O)(=O)N(CC=O)c2ccccc2CN(C)CCCc2ccc(Cl)cc2)cc1. The third-order valence-electron chi connectivity index (χ3n) is 5.51. The first kappa shape index (κ1) is 25.7. The molecule has 0 radical (unpaired) electrons. The minimum atomic E-state index is -3.94. The van der Waals surface area contributed by atoms with E-state index in [-0.39, 0.29) is 11.4 Å². The molecule has 0 aromatic heterocycles. The maximum Gasteiger partial charge on any atom is 0.264 e. The first-order chi connectivity index (χ1) is 16.3. The van der Waals surface area contributed by atoms with E-state index in [1.807, 2.05) is 43.4 Å². The van der Waals surface area contributed by atoms with Crippen molar-refractivity contribution in [2.45, 2.75) is 24.3 Å². The summed E-state index contributed by atoms with van der Waals surface area (Å²) in [7, 11) is -0.420. The quantitative estimate of drug-likeness (QED) is 0.334. The van der Waals surface area contributed by atoms with E-state index in [2.05, 4.69) is 4.90 Å². The molecule has 3 aromatic carbocycles. The fraction of sp³-hybridized carbons (Fsp3) is 0.269. The van der Waals surface area contributed by atoms with Crippen molar-refractivity contribution in [3.63, 3.8) is 0 Å². The van der Waals surface area contributed by atoms with Crippen LogP contribution >= 0.6 is 11.6 Å². The van der Waals surface area contributed by atoms with E-state index in [1.54, 1.807) is 24.3 Å². The van der Waals surface area contributed by atoms with Gasteiger partial charge in [-0.3, -0.25) is 4.31 Å². The van der Waals surface area contributed by atoms with Crippen LogP contribution in [0.15, 0.2) is 77.7 Å². The molecule has 0 aliphatic heterocycles. The lowest BCUT2D eigenvalue weighted by atomic mass is 10.1. The molecule has 0 amide bonds. The monoisotopic (exact) mass is 500 g/mol. The lowest BCUT2D eigenvalue weighted by molar-refractivity contribution is -0.106. The van der Waals surface area contributed by atoms with E-state index in [9.17, 15) is 13.2 Å². The summed E-state index contributed by atoms with van der Waals surface area (Å²) in [5.41, 5.74) is 2.55. The zero-order valence-corrected chi connectivity index (χ0v) is 20.9. The number of rotatable bonds is 12. The number of nitrogens with zero attached hydrogens (tertiary/aromatic N) is 2. The van der Waals surface area contributed by atoms with Gasteiger partial charge in [0.1, 0.15) is 12.0 Å². The predicted molar refractivity (Wildman–Crippen MR) is 136 cm³/mol. The molecule has 3 aromatic rings. The van der Waals surface area contributed by atoms with Crippen LogP contribution in [0.2, 0.25) is 5.02 Å². The fourth-order valence-corrected chi connectivity index (χ4v) is 5.29.